The molecule has 0 bridgehead atoms. The van der Waals surface area contributed by atoms with Crippen LogP contribution in [0.5, 0.6) is 5.75 Å². The van der Waals surface area contributed by atoms with E-state index in [0.717, 1.165) is 16.9 Å². The largest absolute Gasteiger partial charge is 0.489 e. The minimum Gasteiger partial charge on any atom is -0.489 e. The maximum Gasteiger partial charge on any atom is 0.119 e. The van der Waals surface area contributed by atoms with Crippen molar-refractivity contribution in [3.8, 4) is 11.8 Å². The lowest BCUT2D eigenvalue weighted by molar-refractivity contribution is 0.306. The number of ether oxygens (including phenoxy) is 1. The summed E-state index contributed by atoms with van der Waals surface area (Å²) in [5.41, 5.74) is 7.71. The fourth-order valence-electron chi connectivity index (χ4n) is 1.73. The van der Waals surface area contributed by atoms with Gasteiger partial charge in [0.15, 0.2) is 0 Å². The predicted molar refractivity (Wildman–Crippen MR) is 87.6 cm³/mol. The van der Waals surface area contributed by atoms with E-state index >= 15 is 0 Å². The summed E-state index contributed by atoms with van der Waals surface area (Å²) in [5.74, 6) is 0.768. The van der Waals surface area contributed by atoms with E-state index in [1.165, 1.54) is 0 Å². The van der Waals surface area contributed by atoms with Crippen molar-refractivity contribution >= 4 is 23.3 Å². The molecule has 0 fully saturated rings. The normalized spacial score (nSPS) is 10.7. The lowest BCUT2D eigenvalue weighted by Gasteiger charge is -2.06. The van der Waals surface area contributed by atoms with Gasteiger partial charge in [-0.2, -0.15) is 5.26 Å². The Morgan fingerprint density at radius 3 is 2.38 bits per heavy atom. The third-order valence-corrected chi connectivity index (χ3v) is 3.05. The number of rotatable bonds is 5. The van der Waals surface area contributed by atoms with Gasteiger partial charge >= 0.3 is 0 Å². The zero-order chi connectivity index (χ0) is 15.1. The van der Waals surface area contributed by atoms with E-state index in [1.807, 2.05) is 60.7 Å². The van der Waals surface area contributed by atoms with Crippen molar-refractivity contribution in [3.05, 3.63) is 71.3 Å². The SMILES string of the molecule is N#CC(=Cc1ccc(OCc2ccccc2)cc1)C(N)=S. The molecule has 4 heteroatoms. The number of nitriles is 1. The third-order valence-electron chi connectivity index (χ3n) is 2.83. The zero-order valence-corrected chi connectivity index (χ0v) is 12.1. The van der Waals surface area contributed by atoms with Gasteiger partial charge in [-0.1, -0.05) is 54.7 Å². The molecule has 2 rings (SSSR count). The summed E-state index contributed by atoms with van der Waals surface area (Å²) in [7, 11) is 0. The van der Waals surface area contributed by atoms with Gasteiger partial charge in [-0.15, -0.1) is 0 Å². The van der Waals surface area contributed by atoms with E-state index in [1.54, 1.807) is 6.08 Å². The van der Waals surface area contributed by atoms with Crippen LogP contribution in [0.25, 0.3) is 6.08 Å². The van der Waals surface area contributed by atoms with Crippen molar-refractivity contribution in [2.24, 2.45) is 5.73 Å². The summed E-state index contributed by atoms with van der Waals surface area (Å²) in [4.78, 5) is 0.0990. The average Bonchev–Trinajstić information content (AvgIpc) is 2.52. The number of benzene rings is 2. The van der Waals surface area contributed by atoms with Crippen LogP contribution in [-0.2, 0) is 6.61 Å². The quantitative estimate of drug-likeness (QED) is 0.521. The van der Waals surface area contributed by atoms with Crippen LogP contribution < -0.4 is 10.5 Å². The molecular formula is C17H14N2OS. The second-order valence-electron chi connectivity index (χ2n) is 4.38. The Morgan fingerprint density at radius 2 is 1.81 bits per heavy atom. The van der Waals surface area contributed by atoms with Gasteiger partial charge in [0.05, 0.1) is 5.57 Å². The first-order chi connectivity index (χ1) is 10.2. The molecule has 0 aliphatic heterocycles. The van der Waals surface area contributed by atoms with E-state index in [9.17, 15) is 0 Å². The molecule has 0 saturated carbocycles. The second-order valence-corrected chi connectivity index (χ2v) is 4.82. The lowest BCUT2D eigenvalue weighted by atomic mass is 10.1. The van der Waals surface area contributed by atoms with Gasteiger partial charge in [0.2, 0.25) is 0 Å². The minimum atomic E-state index is 0.0990. The molecule has 0 atom stereocenters. The molecular weight excluding hydrogens is 280 g/mol. The Morgan fingerprint density at radius 1 is 1.14 bits per heavy atom. The van der Waals surface area contributed by atoms with Gasteiger partial charge in [0.25, 0.3) is 0 Å². The molecule has 0 unspecified atom stereocenters. The highest BCUT2D eigenvalue weighted by atomic mass is 32.1. The number of nitrogens with zero attached hydrogens (tertiary/aromatic N) is 1. The van der Waals surface area contributed by atoms with Crippen LogP contribution in [0, 0.1) is 11.3 Å². The number of thiocarbonyl (C=S) groups is 1. The van der Waals surface area contributed by atoms with Crippen LogP contribution in [0.1, 0.15) is 11.1 Å². The van der Waals surface area contributed by atoms with Crippen LogP contribution in [0.3, 0.4) is 0 Å². The maximum atomic E-state index is 8.91. The zero-order valence-electron chi connectivity index (χ0n) is 11.3. The van der Waals surface area contributed by atoms with Crippen molar-refractivity contribution < 1.29 is 4.74 Å². The Bertz CT molecular complexity index is 685. The summed E-state index contributed by atoms with van der Waals surface area (Å²) < 4.78 is 5.69. The first kappa shape index (κ1) is 14.8. The highest BCUT2D eigenvalue weighted by molar-refractivity contribution is 7.80. The van der Waals surface area contributed by atoms with Gasteiger partial charge in [0.1, 0.15) is 23.4 Å². The Hall–Kier alpha value is -2.64. The van der Waals surface area contributed by atoms with Crippen LogP contribution in [0.15, 0.2) is 60.2 Å². The smallest absolute Gasteiger partial charge is 0.119 e. The highest BCUT2D eigenvalue weighted by Gasteiger charge is 2.00. The van der Waals surface area contributed by atoms with Gasteiger partial charge in [-0.25, -0.2) is 0 Å². The average molecular weight is 294 g/mol. The third kappa shape index (κ3) is 4.44. The molecule has 0 saturated heterocycles. The molecule has 21 heavy (non-hydrogen) atoms. The Kier molecular flexibility index (Phi) is 5.08. The molecule has 0 aliphatic rings. The Balaban J connectivity index is 2.03. The van der Waals surface area contributed by atoms with Crippen molar-refractivity contribution in [1.29, 1.82) is 5.26 Å². The Labute approximate surface area is 129 Å². The molecule has 2 aromatic rings. The van der Waals surface area contributed by atoms with Crippen molar-refractivity contribution in [2.75, 3.05) is 0 Å². The van der Waals surface area contributed by atoms with Gasteiger partial charge < -0.3 is 10.5 Å². The molecule has 0 amide bonds. The summed E-state index contributed by atoms with van der Waals surface area (Å²) in [6.45, 7) is 0.520. The molecule has 2 aromatic carbocycles. The topological polar surface area (TPSA) is 59.0 Å². The van der Waals surface area contributed by atoms with Crippen molar-refractivity contribution in [2.45, 2.75) is 6.61 Å². The van der Waals surface area contributed by atoms with Crippen LogP contribution >= 0.6 is 12.2 Å². The van der Waals surface area contributed by atoms with Gasteiger partial charge in [-0.3, -0.25) is 0 Å². The molecule has 2 N–H and O–H groups in total. The maximum absolute atomic E-state index is 8.91. The molecule has 0 spiro atoms. The summed E-state index contributed by atoms with van der Waals surface area (Å²) in [6, 6.07) is 19.3. The number of hydrogen-bond acceptors (Lipinski definition) is 3. The van der Waals surface area contributed by atoms with Gasteiger partial charge in [0, 0.05) is 0 Å². The van der Waals surface area contributed by atoms with E-state index in [2.05, 4.69) is 0 Å². The van der Waals surface area contributed by atoms with Crippen molar-refractivity contribution in [1.82, 2.24) is 0 Å². The fourth-order valence-corrected chi connectivity index (χ4v) is 1.83. The first-order valence-corrected chi connectivity index (χ1v) is 6.78. The van der Waals surface area contributed by atoms with E-state index < -0.39 is 0 Å². The van der Waals surface area contributed by atoms with Crippen LogP contribution in [0.2, 0.25) is 0 Å². The fraction of sp³-hybridized carbons (Fsp3) is 0.0588. The highest BCUT2D eigenvalue weighted by Crippen LogP contribution is 2.16. The minimum absolute atomic E-state index is 0.0990. The first-order valence-electron chi connectivity index (χ1n) is 6.37. The molecule has 0 aliphatic carbocycles. The monoisotopic (exact) mass is 294 g/mol. The molecule has 0 heterocycles. The van der Waals surface area contributed by atoms with E-state index in [-0.39, 0.29) is 4.99 Å². The molecule has 0 aromatic heterocycles. The molecule has 0 radical (unpaired) electrons. The standard InChI is InChI=1S/C17H14N2OS/c18-11-15(17(19)21)10-13-6-8-16(9-7-13)20-12-14-4-2-1-3-5-14/h1-10H,12H2,(H2,19,21). The van der Waals surface area contributed by atoms with Crippen LogP contribution in [0.4, 0.5) is 0 Å². The van der Waals surface area contributed by atoms with E-state index in [4.69, 9.17) is 28.0 Å². The summed E-state index contributed by atoms with van der Waals surface area (Å²) in [5, 5.41) is 8.91. The molecule has 3 nitrogen and oxygen atoms in total. The second kappa shape index (κ2) is 7.22. The summed E-state index contributed by atoms with van der Waals surface area (Å²) >= 11 is 4.80. The van der Waals surface area contributed by atoms with Crippen molar-refractivity contribution in [3.63, 3.8) is 0 Å². The number of hydrogen-bond donors (Lipinski definition) is 1. The van der Waals surface area contributed by atoms with Crippen LogP contribution in [-0.4, -0.2) is 4.99 Å². The van der Waals surface area contributed by atoms with Gasteiger partial charge in [-0.05, 0) is 29.3 Å². The van der Waals surface area contributed by atoms with E-state index in [0.29, 0.717) is 12.2 Å². The molecule has 104 valence electrons. The summed E-state index contributed by atoms with van der Waals surface area (Å²) in [6.07, 6.45) is 1.66. The number of nitrogens with two attached hydrogens (primary N) is 1. The lowest BCUT2D eigenvalue weighted by Crippen LogP contribution is -2.09. The predicted octanol–water partition coefficient (Wildman–Crippen LogP) is 3.46.